The molecule has 2 aromatic rings. The lowest BCUT2D eigenvalue weighted by Crippen LogP contribution is -2.20. The van der Waals surface area contributed by atoms with Crippen molar-refractivity contribution in [1.29, 1.82) is 0 Å². The number of hydrogen-bond donors (Lipinski definition) is 1. The van der Waals surface area contributed by atoms with Gasteiger partial charge >= 0.3 is 0 Å². The lowest BCUT2D eigenvalue weighted by atomic mass is 9.88. The molecule has 0 fully saturated rings. The Bertz CT molecular complexity index is 598. The van der Waals surface area contributed by atoms with Crippen molar-refractivity contribution in [3.63, 3.8) is 0 Å². The minimum absolute atomic E-state index is 0.366. The smallest absolute Gasteiger partial charge is 0.0583 e. The van der Waals surface area contributed by atoms with Crippen LogP contribution < -0.4 is 5.32 Å². The van der Waals surface area contributed by atoms with E-state index >= 15 is 0 Å². The zero-order valence-electron chi connectivity index (χ0n) is 11.4. The van der Waals surface area contributed by atoms with Crippen molar-refractivity contribution in [2.24, 2.45) is 0 Å². The second-order valence-corrected chi connectivity index (χ2v) is 5.11. The van der Waals surface area contributed by atoms with Crippen molar-refractivity contribution < 1.29 is 0 Å². The van der Waals surface area contributed by atoms with Gasteiger partial charge in [-0.3, -0.25) is 0 Å². The van der Waals surface area contributed by atoms with Gasteiger partial charge in [-0.1, -0.05) is 61.5 Å². The fourth-order valence-corrected chi connectivity index (χ4v) is 3.00. The molecule has 0 unspecified atom stereocenters. The van der Waals surface area contributed by atoms with Gasteiger partial charge in [0.25, 0.3) is 0 Å². The lowest BCUT2D eigenvalue weighted by Gasteiger charge is -2.21. The fraction of sp³-hybridized carbons (Fsp3) is 0.222. The molecular weight excluding hydrogens is 230 g/mol. The van der Waals surface area contributed by atoms with Gasteiger partial charge in [-0.15, -0.1) is 0 Å². The van der Waals surface area contributed by atoms with Crippen molar-refractivity contribution in [1.82, 2.24) is 0 Å². The molecule has 1 heterocycles. The van der Waals surface area contributed by atoms with Crippen LogP contribution in [0, 0.1) is 0 Å². The van der Waals surface area contributed by atoms with Crippen molar-refractivity contribution in [2.45, 2.75) is 25.8 Å². The molecule has 1 aliphatic heterocycles. The molecule has 1 heteroatoms. The van der Waals surface area contributed by atoms with Gasteiger partial charge in [0, 0.05) is 11.6 Å². The third-order valence-corrected chi connectivity index (χ3v) is 4.02. The maximum absolute atomic E-state index is 3.67. The first-order valence-corrected chi connectivity index (χ1v) is 6.88. The Morgan fingerprint density at radius 3 is 2.37 bits per heavy atom. The summed E-state index contributed by atoms with van der Waals surface area (Å²) in [7, 11) is 0. The second-order valence-electron chi connectivity index (χ2n) is 5.11. The topological polar surface area (TPSA) is 12.0 Å². The number of hydrogen-bond acceptors (Lipinski definition) is 1. The third-order valence-electron chi connectivity index (χ3n) is 4.02. The fourth-order valence-electron chi connectivity index (χ4n) is 3.00. The van der Waals surface area contributed by atoms with Crippen LogP contribution in [0.25, 0.3) is 5.57 Å². The summed E-state index contributed by atoms with van der Waals surface area (Å²) in [5, 5.41) is 3.67. The van der Waals surface area contributed by atoms with Gasteiger partial charge in [0.15, 0.2) is 0 Å². The molecule has 0 bridgehead atoms. The predicted octanol–water partition coefficient (Wildman–Crippen LogP) is 4.69. The van der Waals surface area contributed by atoms with E-state index in [0.717, 1.165) is 0 Å². The zero-order chi connectivity index (χ0) is 13.2. The average Bonchev–Trinajstić information content (AvgIpc) is 2.79. The van der Waals surface area contributed by atoms with Crippen LogP contribution in [-0.2, 0) is 0 Å². The Kier molecular flexibility index (Phi) is 3.12. The van der Waals surface area contributed by atoms with Gasteiger partial charge in [0.2, 0.25) is 0 Å². The molecular formula is C18H19N. The summed E-state index contributed by atoms with van der Waals surface area (Å²) in [6.45, 7) is 4.43. The van der Waals surface area contributed by atoms with E-state index in [2.05, 4.69) is 79.8 Å². The zero-order valence-corrected chi connectivity index (χ0v) is 11.4. The number of para-hydroxylation sites is 1. The van der Waals surface area contributed by atoms with E-state index in [1.54, 1.807) is 0 Å². The van der Waals surface area contributed by atoms with Crippen LogP contribution in [0.2, 0.25) is 0 Å². The highest BCUT2D eigenvalue weighted by molar-refractivity contribution is 5.77. The normalized spacial score (nSPS) is 21.9. The van der Waals surface area contributed by atoms with Crippen LogP contribution in [0.5, 0.6) is 0 Å². The predicted molar refractivity (Wildman–Crippen MR) is 82.4 cm³/mol. The first kappa shape index (κ1) is 12.0. The molecule has 0 radical (unpaired) electrons. The molecule has 19 heavy (non-hydrogen) atoms. The summed E-state index contributed by atoms with van der Waals surface area (Å²) in [6.07, 6.45) is 2.23. The van der Waals surface area contributed by atoms with Crippen molar-refractivity contribution in [3.05, 3.63) is 71.8 Å². The maximum Gasteiger partial charge on any atom is 0.0583 e. The van der Waals surface area contributed by atoms with Crippen LogP contribution in [-0.4, -0.2) is 6.04 Å². The first-order valence-electron chi connectivity index (χ1n) is 6.88. The Morgan fingerprint density at radius 2 is 1.68 bits per heavy atom. The average molecular weight is 249 g/mol. The van der Waals surface area contributed by atoms with Crippen molar-refractivity contribution in [2.75, 3.05) is 5.32 Å². The van der Waals surface area contributed by atoms with Crippen molar-refractivity contribution >= 4 is 11.3 Å². The number of allylic oxidation sites excluding steroid dienone is 1. The van der Waals surface area contributed by atoms with Crippen LogP contribution in [0.4, 0.5) is 5.69 Å². The third kappa shape index (κ3) is 2.06. The molecule has 0 amide bonds. The Balaban J connectivity index is 1.97. The number of nitrogens with one attached hydrogen (secondary N) is 1. The largest absolute Gasteiger partial charge is 0.377 e. The minimum Gasteiger partial charge on any atom is -0.377 e. The highest BCUT2D eigenvalue weighted by Gasteiger charge is 2.30. The molecule has 2 aromatic carbocycles. The monoisotopic (exact) mass is 249 g/mol. The van der Waals surface area contributed by atoms with Crippen molar-refractivity contribution in [3.8, 4) is 0 Å². The molecule has 1 aliphatic rings. The van der Waals surface area contributed by atoms with E-state index in [0.29, 0.717) is 12.0 Å². The van der Waals surface area contributed by atoms with Gasteiger partial charge in [0.05, 0.1) is 6.04 Å². The number of rotatable bonds is 2. The Labute approximate surface area is 115 Å². The van der Waals surface area contributed by atoms with E-state index < -0.39 is 0 Å². The van der Waals surface area contributed by atoms with E-state index in [1.807, 2.05) is 0 Å². The molecule has 3 rings (SSSR count). The van der Waals surface area contributed by atoms with E-state index in [4.69, 9.17) is 0 Å². The SMILES string of the molecule is C/C=C(\c1ccccc1)[C@@H]1Nc2ccccc2[C@@H]1C. The quantitative estimate of drug-likeness (QED) is 0.814. The molecule has 1 nitrogen and oxygen atoms in total. The summed E-state index contributed by atoms with van der Waals surface area (Å²) in [4.78, 5) is 0. The Morgan fingerprint density at radius 1 is 1.00 bits per heavy atom. The van der Waals surface area contributed by atoms with Crippen LogP contribution >= 0.6 is 0 Å². The van der Waals surface area contributed by atoms with Gasteiger partial charge in [-0.2, -0.15) is 0 Å². The van der Waals surface area contributed by atoms with Gasteiger partial charge in [0.1, 0.15) is 0 Å². The second kappa shape index (κ2) is 4.93. The van der Waals surface area contributed by atoms with E-state index in [-0.39, 0.29) is 0 Å². The van der Waals surface area contributed by atoms with Crippen LogP contribution in [0.1, 0.15) is 30.9 Å². The Hall–Kier alpha value is -2.02. The standard InChI is InChI=1S/C18H19N/c1-3-15(14-9-5-4-6-10-14)18-13(2)16-11-7-8-12-17(16)19-18/h3-13,18-19H,1-2H3/b15-3+/t13-,18+/m0/s1. The highest BCUT2D eigenvalue weighted by atomic mass is 15.0. The molecule has 1 N–H and O–H groups in total. The molecule has 2 atom stereocenters. The summed E-state index contributed by atoms with van der Waals surface area (Å²) >= 11 is 0. The van der Waals surface area contributed by atoms with Gasteiger partial charge in [-0.05, 0) is 29.7 Å². The summed E-state index contributed by atoms with van der Waals surface area (Å²) in [6, 6.07) is 19.6. The first-order chi connectivity index (χ1) is 9.31. The summed E-state index contributed by atoms with van der Waals surface area (Å²) in [5.41, 5.74) is 5.38. The molecule has 0 saturated heterocycles. The molecule has 0 aliphatic carbocycles. The molecule has 0 spiro atoms. The summed E-state index contributed by atoms with van der Waals surface area (Å²) < 4.78 is 0. The lowest BCUT2D eigenvalue weighted by molar-refractivity contribution is 0.757. The number of benzene rings is 2. The molecule has 0 aromatic heterocycles. The maximum atomic E-state index is 3.67. The van der Waals surface area contributed by atoms with Gasteiger partial charge in [-0.25, -0.2) is 0 Å². The minimum atomic E-state index is 0.366. The van der Waals surface area contributed by atoms with Gasteiger partial charge < -0.3 is 5.32 Å². The van der Waals surface area contributed by atoms with E-state index in [1.165, 1.54) is 22.4 Å². The number of fused-ring (bicyclic) bond motifs is 1. The molecule has 0 saturated carbocycles. The number of anilines is 1. The van der Waals surface area contributed by atoms with Crippen LogP contribution in [0.15, 0.2) is 60.7 Å². The molecule has 96 valence electrons. The highest BCUT2D eigenvalue weighted by Crippen LogP contribution is 2.40. The van der Waals surface area contributed by atoms with E-state index in [9.17, 15) is 0 Å². The summed E-state index contributed by atoms with van der Waals surface area (Å²) in [5.74, 6) is 0.502. The van der Waals surface area contributed by atoms with Crippen LogP contribution in [0.3, 0.4) is 0 Å².